The fraction of sp³-hybridized carbons (Fsp3) is 0.360. The number of ketones is 1. The fourth-order valence-electron chi connectivity index (χ4n) is 3.80. The molecule has 1 unspecified atom stereocenters. The van der Waals surface area contributed by atoms with Gasteiger partial charge in [-0.1, -0.05) is 6.07 Å². The van der Waals surface area contributed by atoms with E-state index >= 15 is 0 Å². The van der Waals surface area contributed by atoms with E-state index in [1.165, 1.54) is 12.0 Å². The van der Waals surface area contributed by atoms with Gasteiger partial charge in [0.05, 0.1) is 32.4 Å². The average molecular weight is 455 g/mol. The number of carbonyl (C=O) groups excluding carboxylic acids is 2. The Labute approximate surface area is 194 Å². The summed E-state index contributed by atoms with van der Waals surface area (Å²) in [5.41, 5.74) is 1.10. The van der Waals surface area contributed by atoms with E-state index in [2.05, 4.69) is 0 Å². The summed E-state index contributed by atoms with van der Waals surface area (Å²) in [6, 6.07) is 11.2. The van der Waals surface area contributed by atoms with E-state index in [-0.39, 0.29) is 11.3 Å². The molecule has 0 saturated carbocycles. The molecular formula is C25H30N2O6. The quantitative estimate of drug-likeness (QED) is 0.354. The van der Waals surface area contributed by atoms with Gasteiger partial charge in [-0.25, -0.2) is 0 Å². The normalized spacial score (nSPS) is 17.5. The van der Waals surface area contributed by atoms with Gasteiger partial charge in [0.25, 0.3) is 11.7 Å². The van der Waals surface area contributed by atoms with E-state index in [1.54, 1.807) is 49.6 Å². The molecule has 0 bridgehead atoms. The first-order valence-corrected chi connectivity index (χ1v) is 10.7. The Hall–Kier alpha value is -3.52. The first kappa shape index (κ1) is 24.1. The minimum atomic E-state index is -0.767. The van der Waals surface area contributed by atoms with E-state index in [0.717, 1.165) is 0 Å². The Morgan fingerprint density at radius 1 is 1.03 bits per heavy atom. The van der Waals surface area contributed by atoms with Gasteiger partial charge >= 0.3 is 0 Å². The highest BCUT2D eigenvalue weighted by Crippen LogP contribution is 2.42. The van der Waals surface area contributed by atoms with Crippen LogP contribution in [0, 0.1) is 0 Å². The van der Waals surface area contributed by atoms with Gasteiger partial charge in [-0.15, -0.1) is 0 Å². The number of hydrogen-bond acceptors (Lipinski definition) is 7. The zero-order chi connectivity index (χ0) is 24.1. The first-order valence-electron chi connectivity index (χ1n) is 10.7. The molecule has 0 aliphatic carbocycles. The molecule has 1 fully saturated rings. The average Bonchev–Trinajstić information content (AvgIpc) is 3.07. The zero-order valence-corrected chi connectivity index (χ0v) is 19.6. The molecule has 0 radical (unpaired) electrons. The maximum atomic E-state index is 13.1. The Morgan fingerprint density at radius 2 is 1.73 bits per heavy atom. The first-order chi connectivity index (χ1) is 15.8. The van der Waals surface area contributed by atoms with E-state index in [9.17, 15) is 14.7 Å². The molecule has 1 heterocycles. The van der Waals surface area contributed by atoms with Crippen molar-refractivity contribution in [2.45, 2.75) is 13.0 Å². The van der Waals surface area contributed by atoms with Gasteiger partial charge in [0.1, 0.15) is 11.5 Å². The van der Waals surface area contributed by atoms with Crippen LogP contribution in [0.4, 0.5) is 0 Å². The highest BCUT2D eigenvalue weighted by atomic mass is 16.5. The highest BCUT2D eigenvalue weighted by molar-refractivity contribution is 6.46. The molecule has 0 aromatic heterocycles. The Kier molecular flexibility index (Phi) is 7.60. The maximum Gasteiger partial charge on any atom is 0.295 e. The van der Waals surface area contributed by atoms with E-state index < -0.39 is 17.7 Å². The molecule has 8 heteroatoms. The van der Waals surface area contributed by atoms with E-state index in [0.29, 0.717) is 48.1 Å². The monoisotopic (exact) mass is 454 g/mol. The van der Waals surface area contributed by atoms with Gasteiger partial charge < -0.3 is 29.1 Å². The van der Waals surface area contributed by atoms with Crippen molar-refractivity contribution in [1.82, 2.24) is 9.80 Å². The highest BCUT2D eigenvalue weighted by Gasteiger charge is 2.46. The number of hydrogen-bond donors (Lipinski definition) is 1. The summed E-state index contributed by atoms with van der Waals surface area (Å²) >= 11 is 0. The number of likely N-dealkylation sites (N-methyl/N-ethyl adjacent to an activating group) is 1. The van der Waals surface area contributed by atoms with Crippen molar-refractivity contribution in [3.05, 3.63) is 59.2 Å². The van der Waals surface area contributed by atoms with Crippen LogP contribution >= 0.6 is 0 Å². The van der Waals surface area contributed by atoms with Crippen molar-refractivity contribution >= 4 is 17.4 Å². The molecule has 1 saturated heterocycles. The molecule has 1 N–H and O–H groups in total. The summed E-state index contributed by atoms with van der Waals surface area (Å²) in [5.74, 6) is 0.0535. The lowest BCUT2D eigenvalue weighted by Crippen LogP contribution is -2.35. The summed E-state index contributed by atoms with van der Waals surface area (Å²) < 4.78 is 16.3. The standard InChI is InChI=1S/C25H30N2O6/c1-6-33-19-12-9-17(15-20(19)32-5)22-21(23(28)16-7-10-18(31-4)11-8-16)24(29)25(30)27(22)14-13-26(2)3/h7-12,15,22,28H,6,13-14H2,1-5H3. The van der Waals surface area contributed by atoms with Crippen LogP contribution in [0.15, 0.2) is 48.0 Å². The minimum absolute atomic E-state index is 0.0372. The molecule has 8 nitrogen and oxygen atoms in total. The lowest BCUT2D eigenvalue weighted by atomic mass is 9.95. The molecule has 1 amide bonds. The topological polar surface area (TPSA) is 88.5 Å². The number of methoxy groups -OCH3 is 2. The van der Waals surface area contributed by atoms with Crippen LogP contribution in [-0.2, 0) is 9.59 Å². The lowest BCUT2D eigenvalue weighted by molar-refractivity contribution is -0.140. The summed E-state index contributed by atoms with van der Waals surface area (Å²) in [5, 5.41) is 11.1. The molecule has 0 spiro atoms. The van der Waals surface area contributed by atoms with Gasteiger partial charge in [-0.2, -0.15) is 0 Å². The molecule has 1 atom stereocenters. The molecular weight excluding hydrogens is 424 g/mol. The third-order valence-electron chi connectivity index (χ3n) is 5.49. The molecule has 176 valence electrons. The number of amides is 1. The number of likely N-dealkylation sites (tertiary alicyclic amines) is 1. The Balaban J connectivity index is 2.15. The SMILES string of the molecule is CCOc1ccc(C2C(=C(O)c3ccc(OC)cc3)C(=O)C(=O)N2CCN(C)C)cc1OC. The summed E-state index contributed by atoms with van der Waals surface area (Å²) in [6.45, 7) is 3.21. The van der Waals surface area contributed by atoms with Crippen molar-refractivity contribution in [2.75, 3.05) is 48.0 Å². The van der Waals surface area contributed by atoms with Crippen LogP contribution in [0.5, 0.6) is 17.2 Å². The van der Waals surface area contributed by atoms with Crippen LogP contribution in [0.2, 0.25) is 0 Å². The molecule has 1 aliphatic rings. The molecule has 33 heavy (non-hydrogen) atoms. The van der Waals surface area contributed by atoms with Crippen molar-refractivity contribution in [1.29, 1.82) is 0 Å². The molecule has 2 aromatic rings. The largest absolute Gasteiger partial charge is 0.507 e. The van der Waals surface area contributed by atoms with Crippen LogP contribution < -0.4 is 14.2 Å². The maximum absolute atomic E-state index is 13.1. The Morgan fingerprint density at radius 3 is 2.30 bits per heavy atom. The molecule has 1 aliphatic heterocycles. The second-order valence-electron chi connectivity index (χ2n) is 7.87. The number of aliphatic hydroxyl groups excluding tert-OH is 1. The Bertz CT molecular complexity index is 1050. The zero-order valence-electron chi connectivity index (χ0n) is 19.6. The van der Waals surface area contributed by atoms with Gasteiger partial charge in [0.2, 0.25) is 0 Å². The molecule has 3 rings (SSSR count). The lowest BCUT2D eigenvalue weighted by Gasteiger charge is -2.27. The number of Topliss-reactive ketones (excluding diaryl/α,β-unsaturated/α-hetero) is 1. The van der Waals surface area contributed by atoms with E-state index in [1.807, 2.05) is 25.9 Å². The van der Waals surface area contributed by atoms with Gasteiger partial charge in [0, 0.05) is 18.7 Å². The summed E-state index contributed by atoms with van der Waals surface area (Å²) in [4.78, 5) is 29.5. The van der Waals surface area contributed by atoms with Crippen molar-refractivity contribution < 1.29 is 28.9 Å². The molecule has 2 aromatic carbocycles. The van der Waals surface area contributed by atoms with Crippen molar-refractivity contribution in [3.8, 4) is 17.2 Å². The van der Waals surface area contributed by atoms with Crippen LogP contribution in [0.3, 0.4) is 0 Å². The number of aliphatic hydroxyl groups is 1. The van der Waals surface area contributed by atoms with Gasteiger partial charge in [-0.3, -0.25) is 9.59 Å². The smallest absolute Gasteiger partial charge is 0.295 e. The van der Waals surface area contributed by atoms with Crippen LogP contribution in [0.1, 0.15) is 24.1 Å². The van der Waals surface area contributed by atoms with Gasteiger partial charge in [-0.05, 0) is 63.0 Å². The summed E-state index contributed by atoms with van der Waals surface area (Å²) in [7, 11) is 6.86. The number of nitrogens with zero attached hydrogens (tertiary/aromatic N) is 2. The second-order valence-corrected chi connectivity index (χ2v) is 7.87. The fourth-order valence-corrected chi connectivity index (χ4v) is 3.80. The number of ether oxygens (including phenoxy) is 3. The van der Waals surface area contributed by atoms with Crippen molar-refractivity contribution in [2.24, 2.45) is 0 Å². The number of benzene rings is 2. The van der Waals surface area contributed by atoms with E-state index in [4.69, 9.17) is 14.2 Å². The summed E-state index contributed by atoms with van der Waals surface area (Å²) in [6.07, 6.45) is 0. The second kappa shape index (κ2) is 10.4. The number of carbonyl (C=O) groups is 2. The van der Waals surface area contributed by atoms with Crippen LogP contribution in [-0.4, -0.2) is 74.6 Å². The minimum Gasteiger partial charge on any atom is -0.507 e. The van der Waals surface area contributed by atoms with Gasteiger partial charge in [0.15, 0.2) is 11.5 Å². The number of rotatable bonds is 9. The third-order valence-corrected chi connectivity index (χ3v) is 5.49. The van der Waals surface area contributed by atoms with Crippen LogP contribution in [0.25, 0.3) is 5.76 Å². The predicted octanol–water partition coefficient (Wildman–Crippen LogP) is 3.09. The predicted molar refractivity (Wildman–Crippen MR) is 125 cm³/mol. The van der Waals surface area contributed by atoms with Crippen molar-refractivity contribution in [3.63, 3.8) is 0 Å². The third kappa shape index (κ3) is 4.96.